The van der Waals surface area contributed by atoms with Crippen molar-refractivity contribution in [3.8, 4) is 0 Å². The summed E-state index contributed by atoms with van der Waals surface area (Å²) in [6, 6.07) is 5.73. The third-order valence-corrected chi connectivity index (χ3v) is 7.72. The van der Waals surface area contributed by atoms with Crippen LogP contribution in [0.25, 0.3) is 0 Å². The first-order valence-electron chi connectivity index (χ1n) is 14.4. The van der Waals surface area contributed by atoms with Crippen LogP contribution in [0.1, 0.15) is 85.3 Å². The lowest BCUT2D eigenvalue weighted by Gasteiger charge is -2.37. The molecular formula is C33H48N2O5S. The number of carboxylic acids is 1. The lowest BCUT2D eigenvalue weighted by Crippen LogP contribution is -2.56. The predicted molar refractivity (Wildman–Crippen MR) is 168 cm³/mol. The molecule has 0 aliphatic carbocycles. The molecule has 2 atom stereocenters. The zero-order valence-electron chi connectivity index (χ0n) is 25.8. The summed E-state index contributed by atoms with van der Waals surface area (Å²) in [6.45, 7) is 14.1. The van der Waals surface area contributed by atoms with E-state index in [-0.39, 0.29) is 12.3 Å². The molecule has 1 aliphatic heterocycles. The SMILES string of the molecule is CC(C)=CCC/C(C)=C/CC/C(C)=C/CSC[C@H](NC(=O)[C@H]1Cc2ccccc2CN1C(=O)OC(C)(C)C)C(=O)O. The number of allylic oxidation sites excluding steroid dienone is 5. The minimum absolute atomic E-state index is 0.226. The van der Waals surface area contributed by atoms with Gasteiger partial charge in [0.2, 0.25) is 5.91 Å². The number of aliphatic carboxylic acids is 1. The Bertz CT molecular complexity index is 1140. The normalized spacial score (nSPS) is 16.5. The predicted octanol–water partition coefficient (Wildman–Crippen LogP) is 7.07. The minimum Gasteiger partial charge on any atom is -0.480 e. The molecule has 2 rings (SSSR count). The number of amides is 2. The van der Waals surface area contributed by atoms with Gasteiger partial charge in [0.25, 0.3) is 0 Å². The van der Waals surface area contributed by atoms with Crippen molar-refractivity contribution in [1.82, 2.24) is 10.2 Å². The van der Waals surface area contributed by atoms with Crippen molar-refractivity contribution >= 4 is 29.7 Å². The molecule has 0 spiro atoms. The summed E-state index contributed by atoms with van der Waals surface area (Å²) in [7, 11) is 0. The van der Waals surface area contributed by atoms with E-state index in [0.29, 0.717) is 12.2 Å². The largest absolute Gasteiger partial charge is 0.480 e. The Balaban J connectivity index is 1.94. The molecule has 41 heavy (non-hydrogen) atoms. The van der Waals surface area contributed by atoms with Crippen LogP contribution in [0.15, 0.2) is 59.2 Å². The Hall–Kier alpha value is -3.00. The van der Waals surface area contributed by atoms with Crippen LogP contribution in [0, 0.1) is 0 Å². The highest BCUT2D eigenvalue weighted by Gasteiger charge is 2.38. The number of ether oxygens (including phenoxy) is 1. The van der Waals surface area contributed by atoms with E-state index < -0.39 is 35.7 Å². The molecule has 0 fully saturated rings. The number of thioether (sulfide) groups is 1. The Morgan fingerprint density at radius 1 is 1.02 bits per heavy atom. The maximum absolute atomic E-state index is 13.4. The van der Waals surface area contributed by atoms with Crippen molar-refractivity contribution in [2.24, 2.45) is 0 Å². The number of hydrogen-bond donors (Lipinski definition) is 2. The topological polar surface area (TPSA) is 95.9 Å². The van der Waals surface area contributed by atoms with Crippen molar-refractivity contribution in [1.29, 1.82) is 0 Å². The molecule has 7 nitrogen and oxygen atoms in total. The van der Waals surface area contributed by atoms with Gasteiger partial charge >= 0.3 is 12.1 Å². The number of carbonyl (C=O) groups excluding carboxylic acids is 2. The lowest BCUT2D eigenvalue weighted by atomic mass is 9.93. The summed E-state index contributed by atoms with van der Waals surface area (Å²) in [5, 5.41) is 12.5. The number of hydrogen-bond acceptors (Lipinski definition) is 5. The van der Waals surface area contributed by atoms with Gasteiger partial charge in [0.05, 0.1) is 6.54 Å². The summed E-state index contributed by atoms with van der Waals surface area (Å²) in [6.07, 6.45) is 10.5. The molecule has 0 radical (unpaired) electrons. The average molecular weight is 585 g/mol. The number of fused-ring (bicyclic) bond motifs is 1. The van der Waals surface area contributed by atoms with Crippen molar-refractivity contribution in [3.63, 3.8) is 0 Å². The zero-order chi connectivity index (χ0) is 30.6. The highest BCUT2D eigenvalue weighted by Crippen LogP contribution is 2.26. The smallest absolute Gasteiger partial charge is 0.411 e. The minimum atomic E-state index is -1.10. The summed E-state index contributed by atoms with van der Waals surface area (Å²) in [5.41, 5.74) is 5.20. The summed E-state index contributed by atoms with van der Waals surface area (Å²) in [5.74, 6) is -0.698. The molecule has 2 N–H and O–H groups in total. The quantitative estimate of drug-likeness (QED) is 0.190. The number of carbonyl (C=O) groups is 3. The van der Waals surface area contributed by atoms with Gasteiger partial charge in [-0.05, 0) is 85.3 Å². The van der Waals surface area contributed by atoms with Gasteiger partial charge in [-0.3, -0.25) is 9.69 Å². The molecule has 8 heteroatoms. The van der Waals surface area contributed by atoms with Crippen LogP contribution in [-0.2, 0) is 27.3 Å². The number of benzene rings is 1. The molecule has 226 valence electrons. The number of nitrogens with zero attached hydrogens (tertiary/aromatic N) is 1. The highest BCUT2D eigenvalue weighted by atomic mass is 32.2. The molecule has 1 aromatic rings. The number of nitrogens with one attached hydrogen (secondary N) is 1. The fourth-order valence-corrected chi connectivity index (χ4v) is 5.44. The van der Waals surface area contributed by atoms with Crippen LogP contribution in [0.4, 0.5) is 4.79 Å². The van der Waals surface area contributed by atoms with Crippen molar-refractivity contribution in [3.05, 3.63) is 70.3 Å². The van der Waals surface area contributed by atoms with Gasteiger partial charge < -0.3 is 15.2 Å². The van der Waals surface area contributed by atoms with Gasteiger partial charge in [0.15, 0.2) is 0 Å². The van der Waals surface area contributed by atoms with Crippen molar-refractivity contribution < 1.29 is 24.2 Å². The standard InChI is InChI=1S/C33H48N2O5S/c1-23(2)12-10-13-24(3)14-11-15-25(4)18-19-41-22-28(31(37)38)34-30(36)29-20-26-16-8-9-17-27(26)21-35(29)32(39)40-33(5,6)7/h8-9,12,14,16-18,28-29H,10-11,13,15,19-22H2,1-7H3,(H,34,36)(H,37,38)/b24-14+,25-18+/t28-,29+/m0/s1. The van der Waals surface area contributed by atoms with E-state index in [9.17, 15) is 19.5 Å². The van der Waals surface area contributed by atoms with Crippen LogP contribution >= 0.6 is 11.8 Å². The van der Waals surface area contributed by atoms with Crippen LogP contribution in [-0.4, -0.2) is 57.2 Å². The first-order chi connectivity index (χ1) is 19.3. The fourth-order valence-electron chi connectivity index (χ4n) is 4.44. The monoisotopic (exact) mass is 584 g/mol. The maximum Gasteiger partial charge on any atom is 0.411 e. The number of rotatable bonds is 13. The molecule has 1 aliphatic rings. The molecule has 0 aromatic heterocycles. The molecular weight excluding hydrogens is 536 g/mol. The first-order valence-corrected chi connectivity index (χ1v) is 15.5. The second-order valence-electron chi connectivity index (χ2n) is 12.0. The molecule has 0 unspecified atom stereocenters. The van der Waals surface area contributed by atoms with Gasteiger partial charge in [0, 0.05) is 17.9 Å². The van der Waals surface area contributed by atoms with Crippen LogP contribution in [0.2, 0.25) is 0 Å². The van der Waals surface area contributed by atoms with Gasteiger partial charge in [-0.2, -0.15) is 11.8 Å². The van der Waals surface area contributed by atoms with Gasteiger partial charge in [-0.15, -0.1) is 0 Å². The maximum atomic E-state index is 13.4. The van der Waals surface area contributed by atoms with Crippen LogP contribution < -0.4 is 5.32 Å². The molecule has 0 saturated carbocycles. The molecule has 1 aromatic carbocycles. The third-order valence-electron chi connectivity index (χ3n) is 6.75. The van der Waals surface area contributed by atoms with Gasteiger partial charge in [-0.1, -0.05) is 59.2 Å². The van der Waals surface area contributed by atoms with E-state index in [1.807, 2.05) is 24.3 Å². The third kappa shape index (κ3) is 12.6. The van der Waals surface area contributed by atoms with E-state index in [1.165, 1.54) is 33.4 Å². The molecule has 2 amide bonds. The highest BCUT2D eigenvalue weighted by molar-refractivity contribution is 7.99. The van der Waals surface area contributed by atoms with E-state index in [4.69, 9.17) is 4.74 Å². The Morgan fingerprint density at radius 2 is 1.63 bits per heavy atom. The molecule has 1 heterocycles. The Labute approximate surface area is 250 Å². The van der Waals surface area contributed by atoms with E-state index >= 15 is 0 Å². The fraction of sp³-hybridized carbons (Fsp3) is 0.545. The van der Waals surface area contributed by atoms with Crippen LogP contribution in [0.3, 0.4) is 0 Å². The number of carboxylic acid groups (broad SMARTS) is 1. The van der Waals surface area contributed by atoms with E-state index in [0.717, 1.165) is 36.8 Å². The second-order valence-corrected chi connectivity index (χ2v) is 13.1. The second kappa shape index (κ2) is 16.4. The zero-order valence-corrected chi connectivity index (χ0v) is 26.6. The van der Waals surface area contributed by atoms with E-state index in [2.05, 4.69) is 51.2 Å². The summed E-state index contributed by atoms with van der Waals surface area (Å²) >= 11 is 1.46. The Kier molecular flexibility index (Phi) is 13.7. The van der Waals surface area contributed by atoms with Crippen molar-refractivity contribution in [2.45, 2.75) is 105 Å². The van der Waals surface area contributed by atoms with Gasteiger partial charge in [0.1, 0.15) is 17.7 Å². The Morgan fingerprint density at radius 3 is 2.24 bits per heavy atom. The average Bonchev–Trinajstić information content (AvgIpc) is 2.88. The summed E-state index contributed by atoms with van der Waals surface area (Å²) < 4.78 is 5.57. The summed E-state index contributed by atoms with van der Waals surface area (Å²) in [4.78, 5) is 39.8. The van der Waals surface area contributed by atoms with Crippen molar-refractivity contribution in [2.75, 3.05) is 11.5 Å². The molecule has 0 saturated heterocycles. The lowest BCUT2D eigenvalue weighted by molar-refractivity contribution is -0.142. The molecule has 0 bridgehead atoms. The van der Waals surface area contributed by atoms with Crippen LogP contribution in [0.5, 0.6) is 0 Å². The van der Waals surface area contributed by atoms with Gasteiger partial charge in [-0.25, -0.2) is 9.59 Å². The van der Waals surface area contributed by atoms with E-state index in [1.54, 1.807) is 20.8 Å². The first kappa shape index (κ1) is 34.2.